The van der Waals surface area contributed by atoms with Crippen LogP contribution < -0.4 is 0 Å². The number of rotatable bonds is 1. The molecule has 1 aromatic rings. The van der Waals surface area contributed by atoms with Crippen molar-refractivity contribution in [3.63, 3.8) is 0 Å². The van der Waals surface area contributed by atoms with E-state index >= 15 is 0 Å². The Morgan fingerprint density at radius 1 is 0.812 bits per heavy atom. The summed E-state index contributed by atoms with van der Waals surface area (Å²) in [6.07, 6.45) is 10.2. The third kappa shape index (κ3) is 1.98. The molecule has 2 fully saturated rings. The van der Waals surface area contributed by atoms with Crippen molar-refractivity contribution in [2.45, 2.75) is 44.9 Å². The van der Waals surface area contributed by atoms with E-state index < -0.39 is 0 Å². The van der Waals surface area contributed by atoms with Crippen molar-refractivity contribution in [3.05, 3.63) is 41.8 Å². The molecule has 16 heavy (non-hydrogen) atoms. The molecule has 0 heteroatoms. The van der Waals surface area contributed by atoms with Gasteiger partial charge in [0.05, 0.1) is 0 Å². The van der Waals surface area contributed by atoms with Crippen LogP contribution in [0.5, 0.6) is 0 Å². The number of fused-ring (bicyclic) bond motifs is 1. The molecule has 86 valence electrons. The topological polar surface area (TPSA) is 0 Å². The molecule has 3 rings (SSSR count). The Bertz CT molecular complexity index is 313. The van der Waals surface area contributed by atoms with Crippen LogP contribution in [-0.2, 0) is 0 Å². The molecule has 0 spiro atoms. The Balaban J connectivity index is 1.73. The quantitative estimate of drug-likeness (QED) is 0.598. The van der Waals surface area contributed by atoms with Gasteiger partial charge in [-0.2, -0.15) is 23.6 Å². The first-order chi connectivity index (χ1) is 7.93. The van der Waals surface area contributed by atoms with Crippen molar-refractivity contribution in [1.82, 2.24) is 0 Å². The highest BCUT2D eigenvalue weighted by Gasteiger charge is 2.31. The summed E-state index contributed by atoms with van der Waals surface area (Å²) in [6.45, 7) is 0. The second-order valence-corrected chi connectivity index (χ2v) is 5.54. The lowest BCUT2D eigenvalue weighted by atomic mass is 9.92. The van der Waals surface area contributed by atoms with Crippen molar-refractivity contribution < 1.29 is 0 Å². The molecular weight excluding hydrogens is 192 g/mol. The fraction of sp³-hybridized carbons (Fsp3) is 0.562. The second kappa shape index (κ2) is 4.53. The number of hydrogen-bond acceptors (Lipinski definition) is 0. The zero-order chi connectivity index (χ0) is 10.8. The van der Waals surface area contributed by atoms with Crippen LogP contribution >= 0.6 is 0 Å². The van der Waals surface area contributed by atoms with Gasteiger partial charge in [0.1, 0.15) is 0 Å². The van der Waals surface area contributed by atoms with Crippen molar-refractivity contribution in [3.8, 4) is 0 Å². The third-order valence-corrected chi connectivity index (χ3v) is 4.52. The van der Waals surface area contributed by atoms with Gasteiger partial charge < -0.3 is 0 Å². The van der Waals surface area contributed by atoms with Gasteiger partial charge in [0.2, 0.25) is 0 Å². The van der Waals surface area contributed by atoms with Gasteiger partial charge in [-0.3, -0.25) is 0 Å². The first-order valence-corrected chi connectivity index (χ1v) is 6.83. The molecule has 0 amide bonds. The zero-order valence-electron chi connectivity index (χ0n) is 9.99. The molecule has 2 saturated carbocycles. The molecule has 2 aliphatic carbocycles. The fourth-order valence-corrected chi connectivity index (χ4v) is 3.62. The van der Waals surface area contributed by atoms with Crippen molar-refractivity contribution in [2.24, 2.45) is 11.8 Å². The molecule has 0 radical (unpaired) electrons. The summed E-state index contributed by atoms with van der Waals surface area (Å²) in [5.41, 5.74) is 1.51. The Morgan fingerprint density at radius 3 is 2.06 bits per heavy atom. The lowest BCUT2D eigenvalue weighted by molar-refractivity contribution is 0.367. The average molecular weight is 213 g/mol. The van der Waals surface area contributed by atoms with E-state index in [-0.39, 0.29) is 0 Å². The summed E-state index contributed by atoms with van der Waals surface area (Å²) in [6, 6.07) is 11.1. The van der Waals surface area contributed by atoms with Gasteiger partial charge in [0.15, 0.2) is 0 Å². The molecule has 2 unspecified atom stereocenters. The van der Waals surface area contributed by atoms with E-state index in [0.717, 1.165) is 11.8 Å². The standard InChI is InChI=1S/C16H21/c1-3-7-13(8-4-1)16-11-14-9-5-2-6-10-15(14)12-16/h1,3-4,7-8,14-15H,2,5-6,9-12H2/q-1. The van der Waals surface area contributed by atoms with Gasteiger partial charge in [-0.05, 0) is 11.8 Å². The maximum Gasteiger partial charge on any atom is -0.0460 e. The van der Waals surface area contributed by atoms with E-state index in [1.165, 1.54) is 50.5 Å². The number of benzene rings is 1. The zero-order valence-corrected chi connectivity index (χ0v) is 9.99. The lowest BCUT2D eigenvalue weighted by Gasteiger charge is -2.20. The van der Waals surface area contributed by atoms with Gasteiger partial charge in [-0.15, -0.1) is 12.1 Å². The highest BCUT2D eigenvalue weighted by Crippen LogP contribution is 2.47. The Morgan fingerprint density at radius 2 is 1.44 bits per heavy atom. The Labute approximate surface area is 99.1 Å². The molecule has 0 aromatic heterocycles. The van der Waals surface area contributed by atoms with Crippen LogP contribution in [0.25, 0.3) is 0 Å². The lowest BCUT2D eigenvalue weighted by Crippen LogP contribution is -2.04. The van der Waals surface area contributed by atoms with Crippen LogP contribution in [0.15, 0.2) is 30.3 Å². The molecular formula is C16H21-. The molecule has 0 aliphatic heterocycles. The van der Waals surface area contributed by atoms with Gasteiger partial charge >= 0.3 is 0 Å². The van der Waals surface area contributed by atoms with Gasteiger partial charge in [-0.1, -0.05) is 51.0 Å². The fourth-order valence-electron chi connectivity index (χ4n) is 3.62. The molecule has 1 aromatic carbocycles. The summed E-state index contributed by atoms with van der Waals surface area (Å²) < 4.78 is 0. The minimum atomic E-state index is 1.01. The van der Waals surface area contributed by atoms with Gasteiger partial charge in [-0.25, -0.2) is 0 Å². The summed E-state index contributed by atoms with van der Waals surface area (Å²) in [5.74, 6) is 3.76. The van der Waals surface area contributed by atoms with Crippen molar-refractivity contribution in [2.75, 3.05) is 0 Å². The smallest absolute Gasteiger partial charge is 0.0460 e. The molecule has 0 bridgehead atoms. The van der Waals surface area contributed by atoms with Gasteiger partial charge in [0, 0.05) is 0 Å². The minimum Gasteiger partial charge on any atom is -0.189 e. The van der Waals surface area contributed by atoms with E-state index in [9.17, 15) is 0 Å². The molecule has 0 N–H and O–H groups in total. The molecule has 0 saturated heterocycles. The van der Waals surface area contributed by atoms with E-state index in [0.29, 0.717) is 0 Å². The molecule has 2 aliphatic rings. The van der Waals surface area contributed by atoms with E-state index in [4.69, 9.17) is 0 Å². The van der Waals surface area contributed by atoms with Crippen LogP contribution in [0.2, 0.25) is 0 Å². The van der Waals surface area contributed by atoms with Crippen LogP contribution in [0.1, 0.15) is 50.5 Å². The van der Waals surface area contributed by atoms with E-state index in [2.05, 4.69) is 30.3 Å². The van der Waals surface area contributed by atoms with E-state index in [1.807, 2.05) is 0 Å². The second-order valence-electron chi connectivity index (χ2n) is 5.54. The van der Waals surface area contributed by atoms with Crippen LogP contribution in [-0.4, -0.2) is 0 Å². The van der Waals surface area contributed by atoms with Crippen LogP contribution in [0.3, 0.4) is 0 Å². The van der Waals surface area contributed by atoms with Crippen LogP contribution in [0.4, 0.5) is 0 Å². The predicted molar refractivity (Wildman–Crippen MR) is 68.1 cm³/mol. The summed E-state index contributed by atoms with van der Waals surface area (Å²) in [5, 5.41) is 0. The maximum absolute atomic E-state index is 2.29. The number of hydrogen-bond donors (Lipinski definition) is 0. The largest absolute Gasteiger partial charge is 0.189 e. The monoisotopic (exact) mass is 213 g/mol. The molecule has 0 nitrogen and oxygen atoms in total. The first-order valence-electron chi connectivity index (χ1n) is 6.83. The first kappa shape index (κ1) is 10.3. The van der Waals surface area contributed by atoms with E-state index in [1.54, 1.807) is 5.92 Å². The average Bonchev–Trinajstić information content (AvgIpc) is 2.62. The van der Waals surface area contributed by atoms with Gasteiger partial charge in [0.25, 0.3) is 0 Å². The summed E-state index contributed by atoms with van der Waals surface area (Å²) in [4.78, 5) is 0. The molecule has 2 atom stereocenters. The summed E-state index contributed by atoms with van der Waals surface area (Å²) in [7, 11) is 0. The Kier molecular flexibility index (Phi) is 2.90. The normalized spacial score (nSPS) is 29.9. The van der Waals surface area contributed by atoms with Crippen molar-refractivity contribution in [1.29, 1.82) is 0 Å². The predicted octanol–water partition coefficient (Wildman–Crippen LogP) is 4.60. The molecule has 0 heterocycles. The summed E-state index contributed by atoms with van der Waals surface area (Å²) >= 11 is 0. The maximum atomic E-state index is 2.29. The highest BCUT2D eigenvalue weighted by molar-refractivity contribution is 5.32. The highest BCUT2D eigenvalue weighted by atomic mass is 14.4. The SMILES string of the molecule is c1ccc([C-]2CC3CCCCCC3C2)cc1. The minimum absolute atomic E-state index is 1.01. The Hall–Kier alpha value is -0.910. The third-order valence-electron chi connectivity index (χ3n) is 4.52. The van der Waals surface area contributed by atoms with Crippen molar-refractivity contribution >= 4 is 0 Å². The van der Waals surface area contributed by atoms with Crippen LogP contribution in [0, 0.1) is 17.8 Å².